The Hall–Kier alpha value is -3.79. The van der Waals surface area contributed by atoms with E-state index in [-0.39, 0.29) is 34.6 Å². The molecule has 3 rings (SSSR count). The van der Waals surface area contributed by atoms with Crippen LogP contribution in [0.3, 0.4) is 0 Å². The average Bonchev–Trinajstić information content (AvgIpc) is 3.25. The summed E-state index contributed by atoms with van der Waals surface area (Å²) in [7, 11) is 1.31. The molecule has 0 spiro atoms. The first-order valence-electron chi connectivity index (χ1n) is 11.8. The van der Waals surface area contributed by atoms with Gasteiger partial charge >= 0.3 is 12.3 Å². The molecule has 1 saturated heterocycles. The highest BCUT2D eigenvalue weighted by molar-refractivity contribution is 7.19. The standard InChI is InChI=1S/C24H28F5N7O3S/c1-23(2,3)39-22(38)35-21-17(34-20(40-21)16-12(25)6-5-7-13(16)26)19(37)33-14(10-30)18(31-4)36-9-8-32-15(11-36)24(27,28)29/h5-7,10,15,32H,8-9,11,30H2,1-4H3,(H,33,37)(H,35,38)/b14-10+,31-18?. The van der Waals surface area contributed by atoms with Crippen molar-refractivity contribution in [2.45, 2.75) is 38.6 Å². The van der Waals surface area contributed by atoms with E-state index in [1.807, 2.05) is 0 Å². The molecule has 0 saturated carbocycles. The molecule has 1 aromatic carbocycles. The van der Waals surface area contributed by atoms with Crippen molar-refractivity contribution in [2.75, 3.05) is 32.0 Å². The van der Waals surface area contributed by atoms with Gasteiger partial charge in [0, 0.05) is 32.9 Å². The SMILES string of the molecule is CN=C(/C(=C\N)NC(=O)c1nc(-c2c(F)cccc2F)sc1NC(=O)OC(C)(C)C)N1CCNC(C(F)(F)F)C1. The van der Waals surface area contributed by atoms with E-state index >= 15 is 0 Å². The van der Waals surface area contributed by atoms with E-state index in [2.05, 4.69) is 25.9 Å². The van der Waals surface area contributed by atoms with Crippen LogP contribution in [0.25, 0.3) is 10.6 Å². The molecule has 2 amide bonds. The van der Waals surface area contributed by atoms with Crippen molar-refractivity contribution < 1.29 is 36.3 Å². The van der Waals surface area contributed by atoms with E-state index in [9.17, 15) is 31.5 Å². The Balaban J connectivity index is 1.94. The van der Waals surface area contributed by atoms with Crippen molar-refractivity contribution in [1.82, 2.24) is 20.5 Å². The fourth-order valence-electron chi connectivity index (χ4n) is 3.71. The summed E-state index contributed by atoms with van der Waals surface area (Å²) in [5, 5.41) is 6.71. The van der Waals surface area contributed by atoms with Gasteiger partial charge in [-0.25, -0.2) is 18.6 Å². The number of amides is 2. The average molecular weight is 590 g/mol. The number of amidine groups is 1. The van der Waals surface area contributed by atoms with Crippen LogP contribution in [-0.4, -0.2) is 72.2 Å². The Kier molecular flexibility index (Phi) is 9.35. The van der Waals surface area contributed by atoms with Gasteiger partial charge in [-0.05, 0) is 32.9 Å². The van der Waals surface area contributed by atoms with E-state index < -0.39 is 59.3 Å². The van der Waals surface area contributed by atoms with Crippen LogP contribution in [0, 0.1) is 11.6 Å². The number of anilines is 1. The highest BCUT2D eigenvalue weighted by Crippen LogP contribution is 2.35. The van der Waals surface area contributed by atoms with E-state index in [0.717, 1.165) is 24.4 Å². The number of carbonyl (C=O) groups excluding carboxylic acids is 2. The summed E-state index contributed by atoms with van der Waals surface area (Å²) in [6.07, 6.45) is -4.54. The Labute approximate surface area is 230 Å². The minimum Gasteiger partial charge on any atom is -0.444 e. The molecule has 5 N–H and O–H groups in total. The number of aromatic nitrogens is 1. The Morgan fingerprint density at radius 2 is 1.90 bits per heavy atom. The van der Waals surface area contributed by atoms with Gasteiger partial charge in [0.1, 0.15) is 39.1 Å². The number of halogens is 5. The fraction of sp³-hybridized carbons (Fsp3) is 0.417. The zero-order valence-electron chi connectivity index (χ0n) is 21.9. The molecule has 16 heteroatoms. The molecule has 40 heavy (non-hydrogen) atoms. The number of benzene rings is 1. The molecule has 2 aromatic rings. The molecule has 218 valence electrons. The van der Waals surface area contributed by atoms with Crippen LogP contribution in [0.2, 0.25) is 0 Å². The van der Waals surface area contributed by atoms with Gasteiger partial charge in [0.15, 0.2) is 5.69 Å². The molecule has 0 bridgehead atoms. The predicted molar refractivity (Wildman–Crippen MR) is 140 cm³/mol. The van der Waals surface area contributed by atoms with Gasteiger partial charge in [-0.15, -0.1) is 0 Å². The highest BCUT2D eigenvalue weighted by atomic mass is 32.1. The third-order valence-corrected chi connectivity index (χ3v) is 6.36. The van der Waals surface area contributed by atoms with Gasteiger partial charge in [0.2, 0.25) is 0 Å². The van der Waals surface area contributed by atoms with E-state index in [1.165, 1.54) is 11.9 Å². The third-order valence-electron chi connectivity index (χ3n) is 5.37. The Morgan fingerprint density at radius 3 is 2.45 bits per heavy atom. The Bertz CT molecular complexity index is 1300. The molecule has 10 nitrogen and oxygen atoms in total. The summed E-state index contributed by atoms with van der Waals surface area (Å²) in [5.74, 6) is -2.93. The lowest BCUT2D eigenvalue weighted by Crippen LogP contribution is -2.59. The quantitative estimate of drug-likeness (QED) is 0.237. The molecule has 1 aliphatic rings. The van der Waals surface area contributed by atoms with E-state index in [4.69, 9.17) is 10.5 Å². The van der Waals surface area contributed by atoms with Crippen molar-refractivity contribution >= 4 is 34.2 Å². The zero-order valence-corrected chi connectivity index (χ0v) is 22.8. The molecule has 1 aromatic heterocycles. The number of alkyl halides is 3. The summed E-state index contributed by atoms with van der Waals surface area (Å²) < 4.78 is 74.1. The second-order valence-corrected chi connectivity index (χ2v) is 10.5. The lowest BCUT2D eigenvalue weighted by atomic mass is 10.2. The topological polar surface area (TPSA) is 134 Å². The van der Waals surface area contributed by atoms with Crippen LogP contribution in [0.5, 0.6) is 0 Å². The minimum absolute atomic E-state index is 0.0113. The molecular formula is C24H28F5N7O3S. The first-order chi connectivity index (χ1) is 18.6. The van der Waals surface area contributed by atoms with Crippen LogP contribution < -0.4 is 21.7 Å². The highest BCUT2D eigenvalue weighted by Gasteiger charge is 2.43. The van der Waals surface area contributed by atoms with Gasteiger partial charge in [0.25, 0.3) is 5.91 Å². The summed E-state index contributed by atoms with van der Waals surface area (Å²) >= 11 is 0.615. The van der Waals surface area contributed by atoms with Gasteiger partial charge in [-0.3, -0.25) is 15.1 Å². The number of nitrogens with zero attached hydrogens (tertiary/aromatic N) is 3. The predicted octanol–water partition coefficient (Wildman–Crippen LogP) is 3.83. The van der Waals surface area contributed by atoms with Gasteiger partial charge in [-0.2, -0.15) is 13.2 Å². The molecular weight excluding hydrogens is 561 g/mol. The normalized spacial score (nSPS) is 17.0. The lowest BCUT2D eigenvalue weighted by Gasteiger charge is -2.36. The van der Waals surface area contributed by atoms with Crippen molar-refractivity contribution in [1.29, 1.82) is 0 Å². The number of nitrogens with one attached hydrogen (secondary N) is 3. The molecule has 0 aliphatic carbocycles. The lowest BCUT2D eigenvalue weighted by molar-refractivity contribution is -0.161. The van der Waals surface area contributed by atoms with Crippen LogP contribution in [0.4, 0.5) is 31.7 Å². The Morgan fingerprint density at radius 1 is 1.25 bits per heavy atom. The third kappa shape index (κ3) is 7.44. The largest absolute Gasteiger partial charge is 0.444 e. The monoisotopic (exact) mass is 589 g/mol. The number of hydrogen-bond donors (Lipinski definition) is 4. The molecule has 1 unspecified atom stereocenters. The molecule has 1 aliphatic heterocycles. The van der Waals surface area contributed by atoms with Crippen molar-refractivity contribution in [3.8, 4) is 10.6 Å². The van der Waals surface area contributed by atoms with Crippen LogP contribution in [-0.2, 0) is 4.74 Å². The van der Waals surface area contributed by atoms with Crippen LogP contribution in [0.1, 0.15) is 31.3 Å². The summed E-state index contributed by atoms with van der Waals surface area (Å²) in [6, 6.07) is 1.32. The number of nitrogens with two attached hydrogens (primary N) is 1. The minimum atomic E-state index is -4.52. The maximum atomic E-state index is 14.5. The van der Waals surface area contributed by atoms with Crippen LogP contribution >= 0.6 is 11.3 Å². The van der Waals surface area contributed by atoms with Gasteiger partial charge in [0.05, 0.1) is 11.3 Å². The second-order valence-electron chi connectivity index (χ2n) is 9.50. The zero-order chi connectivity index (χ0) is 29.8. The first kappa shape index (κ1) is 30.7. The van der Waals surface area contributed by atoms with E-state index in [0.29, 0.717) is 11.3 Å². The maximum absolute atomic E-state index is 14.5. The number of aliphatic imine (C=N–C) groups is 1. The number of carbonyl (C=O) groups is 2. The van der Waals surface area contributed by atoms with Crippen molar-refractivity contribution in [3.05, 3.63) is 47.4 Å². The van der Waals surface area contributed by atoms with Crippen molar-refractivity contribution in [2.24, 2.45) is 10.7 Å². The summed E-state index contributed by atoms with van der Waals surface area (Å²) in [6.45, 7) is 4.44. The smallest absolute Gasteiger partial charge is 0.412 e. The number of thiazole rings is 1. The molecule has 1 fully saturated rings. The maximum Gasteiger partial charge on any atom is 0.412 e. The van der Waals surface area contributed by atoms with Crippen LogP contribution in [0.15, 0.2) is 35.1 Å². The number of rotatable bonds is 5. The second kappa shape index (κ2) is 12.2. The number of hydrogen-bond acceptors (Lipinski definition) is 8. The van der Waals surface area contributed by atoms with Gasteiger partial charge < -0.3 is 26.0 Å². The summed E-state index contributed by atoms with van der Waals surface area (Å²) in [4.78, 5) is 35.1. The molecule has 1 atom stereocenters. The fourth-order valence-corrected chi connectivity index (χ4v) is 4.71. The summed E-state index contributed by atoms with van der Waals surface area (Å²) in [5.41, 5.74) is 3.67. The number of piperazine rings is 1. The molecule has 2 heterocycles. The van der Waals surface area contributed by atoms with Gasteiger partial charge in [-0.1, -0.05) is 17.4 Å². The van der Waals surface area contributed by atoms with E-state index in [1.54, 1.807) is 20.8 Å². The molecule has 0 radical (unpaired) electrons. The first-order valence-corrected chi connectivity index (χ1v) is 12.7. The van der Waals surface area contributed by atoms with Crippen molar-refractivity contribution in [3.63, 3.8) is 0 Å². The number of ether oxygens (including phenoxy) is 1.